The molecule has 3 fully saturated rings. The van der Waals surface area contributed by atoms with Crippen LogP contribution in [-0.2, 0) is 55.6 Å². The highest BCUT2D eigenvalue weighted by molar-refractivity contribution is 7.47. The summed E-state index contributed by atoms with van der Waals surface area (Å²) in [6, 6.07) is 0. The Labute approximate surface area is 371 Å². The van der Waals surface area contributed by atoms with Crippen molar-refractivity contribution in [3.05, 3.63) is 43.7 Å². The number of nitrogens with zero attached hydrogens (tertiary/aromatic N) is 12. The van der Waals surface area contributed by atoms with Gasteiger partial charge in [-0.25, -0.2) is 54.0 Å². The number of methoxy groups -OCH3 is 3. The minimum atomic E-state index is -5.16. The lowest BCUT2D eigenvalue weighted by Gasteiger charge is -2.27. The number of imidazole rings is 3. The average molecular weight is 967 g/mol. The zero-order valence-electron chi connectivity index (χ0n) is 35.1. The molecular formula is C34H44N14O16P2. The van der Waals surface area contributed by atoms with Gasteiger partial charge in [0.05, 0.1) is 44.5 Å². The number of aryl methyl sites for hydroxylation is 1. The van der Waals surface area contributed by atoms with E-state index in [1.54, 1.807) is 6.92 Å². The average Bonchev–Trinajstić information content (AvgIpc) is 4.15. The van der Waals surface area contributed by atoms with Crippen molar-refractivity contribution in [2.75, 3.05) is 52.6 Å². The molecule has 14 unspecified atom stereocenters. The number of hydrogen-bond donors (Lipinski definition) is 6. The lowest BCUT2D eigenvalue weighted by Crippen LogP contribution is -2.38. The van der Waals surface area contributed by atoms with E-state index in [0.29, 0.717) is 16.9 Å². The van der Waals surface area contributed by atoms with Crippen LogP contribution in [0.4, 0.5) is 11.6 Å². The number of nitrogens with two attached hydrogens (primary N) is 2. The second-order valence-corrected chi connectivity index (χ2v) is 17.9. The van der Waals surface area contributed by atoms with Crippen molar-refractivity contribution in [2.45, 2.75) is 80.5 Å². The Bertz CT molecular complexity index is 2800. The summed E-state index contributed by atoms with van der Waals surface area (Å²) in [6.45, 7) is -0.206. The van der Waals surface area contributed by atoms with Gasteiger partial charge in [0.25, 0.3) is 0 Å². The maximum atomic E-state index is 13.9. The van der Waals surface area contributed by atoms with Crippen molar-refractivity contribution >= 4 is 60.8 Å². The number of rotatable bonds is 17. The molecule has 0 bridgehead atoms. The van der Waals surface area contributed by atoms with Gasteiger partial charge in [0.2, 0.25) is 0 Å². The van der Waals surface area contributed by atoms with Crippen LogP contribution in [0.15, 0.2) is 38.0 Å². The van der Waals surface area contributed by atoms with Crippen LogP contribution in [0.1, 0.15) is 24.4 Å². The van der Waals surface area contributed by atoms with Gasteiger partial charge >= 0.3 is 15.6 Å². The first kappa shape index (κ1) is 46.3. The van der Waals surface area contributed by atoms with E-state index in [4.69, 9.17) is 58.0 Å². The van der Waals surface area contributed by atoms with Crippen molar-refractivity contribution in [1.29, 1.82) is 0 Å². The van der Waals surface area contributed by atoms with Gasteiger partial charge in [0, 0.05) is 21.3 Å². The molecule has 32 heteroatoms. The lowest BCUT2D eigenvalue weighted by molar-refractivity contribution is -0.0659. The van der Waals surface area contributed by atoms with Gasteiger partial charge in [0.15, 0.2) is 47.3 Å². The molecule has 30 nitrogen and oxygen atoms in total. The van der Waals surface area contributed by atoms with E-state index in [0.717, 1.165) is 6.33 Å². The monoisotopic (exact) mass is 966 g/mol. The predicted octanol–water partition coefficient (Wildman–Crippen LogP) is -0.926. The lowest BCUT2D eigenvalue weighted by atomic mass is 10.1. The van der Waals surface area contributed by atoms with Gasteiger partial charge in [-0.15, -0.1) is 0 Å². The van der Waals surface area contributed by atoms with E-state index in [1.165, 1.54) is 66.7 Å². The molecule has 3 saturated heterocycles. The Morgan fingerprint density at radius 2 is 1.00 bits per heavy atom. The summed E-state index contributed by atoms with van der Waals surface area (Å²) in [6.07, 6.45) is -7.39. The van der Waals surface area contributed by atoms with Crippen LogP contribution >= 0.6 is 15.6 Å². The quantitative estimate of drug-likeness (QED) is 0.0602. The van der Waals surface area contributed by atoms with Gasteiger partial charge in [-0.3, -0.25) is 31.8 Å². The minimum Gasteiger partial charge on any atom is -0.394 e. The van der Waals surface area contributed by atoms with Crippen molar-refractivity contribution in [3.63, 3.8) is 0 Å². The number of hydrogen-bond acceptors (Lipinski definition) is 25. The number of nitrogen functional groups attached to an aromatic ring is 2. The fourth-order valence-corrected chi connectivity index (χ4v) is 10.1. The SMILES string of the molecule is COC1C(COP(=O)(O)OC2C(OC)C(COP(=O)(O)OC3C(OC)C(CO)OC3n3cnc4c(N)ncnc43)OC2n2cnc3c(N)ncnc32)OC(n2cnc3c(C)ncnc32)C1O. The molecule has 3 aliphatic heterocycles. The maximum Gasteiger partial charge on any atom is 0.472 e. The molecule has 8 N–H and O–H groups in total. The van der Waals surface area contributed by atoms with Crippen LogP contribution in [0.2, 0.25) is 0 Å². The Balaban J connectivity index is 0.939. The number of phosphoric ester groups is 2. The molecule has 9 heterocycles. The molecule has 0 spiro atoms. The Hall–Kier alpha value is -4.85. The summed E-state index contributed by atoms with van der Waals surface area (Å²) in [5.74, 6) is 0.0674. The van der Waals surface area contributed by atoms with E-state index in [2.05, 4.69) is 44.9 Å². The summed E-state index contributed by atoms with van der Waals surface area (Å²) < 4.78 is 89.5. The second kappa shape index (κ2) is 18.3. The predicted molar refractivity (Wildman–Crippen MR) is 218 cm³/mol. The summed E-state index contributed by atoms with van der Waals surface area (Å²) in [7, 11) is -6.45. The summed E-state index contributed by atoms with van der Waals surface area (Å²) in [5, 5.41) is 21.4. The highest BCUT2D eigenvalue weighted by Gasteiger charge is 2.54. The standard InChI is InChI=1S/C34H44N14O16P2/c1-14-18-29(40-8-37-14)46(11-43-18)32-21(50)22(55-2)16(61-32)6-58-65(51,52)64-26-24(57-4)17(62-34(26)48-13-45-20-28(36)39-10-42-31(20)48)7-59-66(53,54)63-25-23(56-3)15(5-49)60-33(25)47-12-44-19-27(35)38-9-41-30(19)47/h8-13,15-17,21-26,32-34,49-50H,5-7H2,1-4H3,(H,51,52)(H,53,54)(H2,35,38,41)(H2,36,39,42). The van der Waals surface area contributed by atoms with Gasteiger partial charge in [-0.2, -0.15) is 0 Å². The van der Waals surface area contributed by atoms with Crippen molar-refractivity contribution < 1.29 is 75.6 Å². The third kappa shape index (κ3) is 8.42. The van der Waals surface area contributed by atoms with Crippen LogP contribution in [0, 0.1) is 6.92 Å². The van der Waals surface area contributed by atoms with E-state index in [9.17, 15) is 29.1 Å². The third-order valence-electron chi connectivity index (χ3n) is 11.3. The van der Waals surface area contributed by atoms with E-state index < -0.39 is 109 Å². The molecule has 6 aromatic heterocycles. The molecule has 6 aromatic rings. The Kier molecular flexibility index (Phi) is 12.8. The third-order valence-corrected chi connectivity index (χ3v) is 13.3. The normalized spacial score (nSPS) is 31.0. The molecule has 66 heavy (non-hydrogen) atoms. The van der Waals surface area contributed by atoms with Crippen LogP contribution < -0.4 is 11.5 Å². The summed E-state index contributed by atoms with van der Waals surface area (Å²) >= 11 is 0. The zero-order valence-corrected chi connectivity index (χ0v) is 36.9. The number of aliphatic hydroxyl groups is 2. The molecule has 0 radical (unpaired) electrons. The van der Waals surface area contributed by atoms with Gasteiger partial charge in [-0.1, -0.05) is 0 Å². The minimum absolute atomic E-state index is 0.00884. The highest BCUT2D eigenvalue weighted by atomic mass is 31.2. The number of fused-ring (bicyclic) bond motifs is 3. The van der Waals surface area contributed by atoms with E-state index >= 15 is 0 Å². The fraction of sp³-hybridized carbons (Fsp3) is 0.559. The number of ether oxygens (including phenoxy) is 6. The van der Waals surface area contributed by atoms with Crippen molar-refractivity contribution in [1.82, 2.24) is 58.6 Å². The molecule has 356 valence electrons. The Morgan fingerprint density at radius 3 is 1.50 bits per heavy atom. The first-order chi connectivity index (χ1) is 31.7. The fourth-order valence-electron chi connectivity index (χ4n) is 8.29. The molecule has 9 rings (SSSR count). The molecule has 3 aliphatic rings. The van der Waals surface area contributed by atoms with Crippen molar-refractivity contribution in [2.24, 2.45) is 0 Å². The smallest absolute Gasteiger partial charge is 0.394 e. The number of aliphatic hydroxyl groups excluding tert-OH is 2. The number of phosphoric acid groups is 2. The summed E-state index contributed by atoms with van der Waals surface area (Å²) in [5.41, 5.74) is 14.1. The maximum absolute atomic E-state index is 13.9. The number of anilines is 2. The molecule has 0 amide bonds. The second-order valence-electron chi connectivity index (χ2n) is 15.1. The molecule has 0 saturated carbocycles. The van der Waals surface area contributed by atoms with E-state index in [1.807, 2.05) is 0 Å². The van der Waals surface area contributed by atoms with Crippen LogP contribution in [0.3, 0.4) is 0 Å². The topological polar surface area (TPSA) is 390 Å². The largest absolute Gasteiger partial charge is 0.472 e. The molecule has 0 aromatic carbocycles. The van der Waals surface area contributed by atoms with Crippen LogP contribution in [0.25, 0.3) is 33.5 Å². The van der Waals surface area contributed by atoms with E-state index in [-0.39, 0.29) is 34.0 Å². The molecule has 0 aliphatic carbocycles. The summed E-state index contributed by atoms with van der Waals surface area (Å²) in [4.78, 5) is 60.0. The van der Waals surface area contributed by atoms with Crippen LogP contribution in [0.5, 0.6) is 0 Å². The molecular weight excluding hydrogens is 922 g/mol. The van der Waals surface area contributed by atoms with Gasteiger partial charge in [-0.05, 0) is 6.92 Å². The first-order valence-corrected chi connectivity index (χ1v) is 22.8. The zero-order chi connectivity index (χ0) is 46.7. The first-order valence-electron chi connectivity index (χ1n) is 19.8. The van der Waals surface area contributed by atoms with Crippen LogP contribution in [-0.4, -0.2) is 175 Å². The van der Waals surface area contributed by atoms with Crippen molar-refractivity contribution in [3.8, 4) is 0 Å². The van der Waals surface area contributed by atoms with Gasteiger partial charge in [0.1, 0.15) is 90.5 Å². The number of aromatic nitrogens is 12. The van der Waals surface area contributed by atoms with Gasteiger partial charge < -0.3 is 59.9 Å². The Morgan fingerprint density at radius 1 is 0.591 bits per heavy atom. The highest BCUT2D eigenvalue weighted by Crippen LogP contribution is 2.53. The molecule has 14 atom stereocenters.